The third-order valence-corrected chi connectivity index (χ3v) is 5.78. The third kappa shape index (κ3) is 5.44. The highest BCUT2D eigenvalue weighted by molar-refractivity contribution is 5.61. The van der Waals surface area contributed by atoms with Crippen LogP contribution in [0.3, 0.4) is 0 Å². The highest BCUT2D eigenvalue weighted by Gasteiger charge is 2.09. The lowest BCUT2D eigenvalue weighted by Crippen LogP contribution is -1.96. The molecule has 0 radical (unpaired) electrons. The number of hydrogen-bond acceptors (Lipinski definition) is 4. The predicted molar refractivity (Wildman–Crippen MR) is 146 cm³/mol. The lowest BCUT2D eigenvalue weighted by atomic mass is 10.2. The second-order valence-electron chi connectivity index (χ2n) is 8.20. The molecule has 2 heterocycles. The first-order valence-electron chi connectivity index (χ1n) is 11.8. The Morgan fingerprint density at radius 1 is 0.595 bits per heavy atom. The molecule has 37 heavy (non-hydrogen) atoms. The number of benzene rings is 4. The van der Waals surface area contributed by atoms with E-state index in [9.17, 15) is 5.11 Å². The maximum atomic E-state index is 9.54. The molecule has 0 aliphatic heterocycles. The lowest BCUT2D eigenvalue weighted by Gasteiger charge is -2.08. The zero-order chi connectivity index (χ0) is 25.5. The maximum Gasteiger partial charge on any atom is 0.144 e. The molecule has 6 nitrogen and oxygen atoms in total. The molecule has 6 aromatic rings. The van der Waals surface area contributed by atoms with Gasteiger partial charge in [0.05, 0.1) is 7.11 Å². The van der Waals surface area contributed by atoms with Crippen LogP contribution in [0.2, 0.25) is 0 Å². The number of aromatic nitrogens is 4. The van der Waals surface area contributed by atoms with Gasteiger partial charge in [0.15, 0.2) is 0 Å². The molecule has 0 aliphatic rings. The summed E-state index contributed by atoms with van der Waals surface area (Å²) in [4.78, 5) is 8.80. The Morgan fingerprint density at radius 3 is 1.62 bits per heavy atom. The largest absolute Gasteiger partial charge is 0.508 e. The van der Waals surface area contributed by atoms with Gasteiger partial charge in [-0.1, -0.05) is 60.7 Å². The lowest BCUT2D eigenvalue weighted by molar-refractivity contribution is 0.415. The van der Waals surface area contributed by atoms with Crippen molar-refractivity contribution >= 4 is 0 Å². The van der Waals surface area contributed by atoms with E-state index in [4.69, 9.17) is 4.74 Å². The molecular formula is C31H26N4O2. The minimum atomic E-state index is 0.245. The standard InChI is InChI=1S/C16H14N2O.C15H12N2O/c1-19-15-9-5-6-13(12-15)16-17-10-11-18(16)14-7-3-2-4-8-14;18-14-8-4-5-12(11-14)15-16-9-10-17(15)13-6-2-1-3-7-13/h2-12H,1H3;1-11,18H. The van der Waals surface area contributed by atoms with Crippen molar-refractivity contribution in [3.05, 3.63) is 134 Å². The molecule has 4 aromatic carbocycles. The predicted octanol–water partition coefficient (Wildman–Crippen LogP) is 6.79. The van der Waals surface area contributed by atoms with Crippen molar-refractivity contribution in [2.45, 2.75) is 0 Å². The van der Waals surface area contributed by atoms with E-state index in [1.807, 2.05) is 108 Å². The van der Waals surface area contributed by atoms with Gasteiger partial charge in [0.2, 0.25) is 0 Å². The molecule has 0 aliphatic carbocycles. The molecule has 0 saturated heterocycles. The Balaban J connectivity index is 0.000000152. The van der Waals surface area contributed by atoms with Gasteiger partial charge in [0.1, 0.15) is 23.1 Å². The van der Waals surface area contributed by atoms with Crippen molar-refractivity contribution in [3.8, 4) is 45.6 Å². The first kappa shape index (κ1) is 23.6. The summed E-state index contributed by atoms with van der Waals surface area (Å²) in [6.45, 7) is 0. The van der Waals surface area contributed by atoms with Crippen molar-refractivity contribution in [2.75, 3.05) is 7.11 Å². The third-order valence-electron chi connectivity index (χ3n) is 5.78. The Bertz CT molecular complexity index is 1570. The molecule has 6 heteroatoms. The normalized spacial score (nSPS) is 10.4. The van der Waals surface area contributed by atoms with E-state index in [2.05, 4.69) is 26.7 Å². The summed E-state index contributed by atoms with van der Waals surface area (Å²) in [6, 6.07) is 35.2. The van der Waals surface area contributed by atoms with Crippen LogP contribution in [0.4, 0.5) is 0 Å². The molecule has 0 amide bonds. The number of rotatable bonds is 5. The summed E-state index contributed by atoms with van der Waals surface area (Å²) in [7, 11) is 1.67. The number of aromatic hydroxyl groups is 1. The van der Waals surface area contributed by atoms with Gasteiger partial charge < -0.3 is 9.84 Å². The minimum absolute atomic E-state index is 0.245. The highest BCUT2D eigenvalue weighted by Crippen LogP contribution is 2.25. The van der Waals surface area contributed by atoms with Crippen LogP contribution in [0.5, 0.6) is 11.5 Å². The van der Waals surface area contributed by atoms with E-state index in [-0.39, 0.29) is 5.75 Å². The number of nitrogens with zero attached hydrogens (tertiary/aromatic N) is 4. The van der Waals surface area contributed by atoms with Crippen molar-refractivity contribution < 1.29 is 9.84 Å². The average Bonchev–Trinajstić information content (AvgIpc) is 3.65. The Hall–Kier alpha value is -5.10. The van der Waals surface area contributed by atoms with Gasteiger partial charge in [-0.15, -0.1) is 0 Å². The fourth-order valence-corrected chi connectivity index (χ4v) is 4.04. The summed E-state index contributed by atoms with van der Waals surface area (Å²) >= 11 is 0. The van der Waals surface area contributed by atoms with Gasteiger partial charge in [0, 0.05) is 47.3 Å². The van der Waals surface area contributed by atoms with Gasteiger partial charge >= 0.3 is 0 Å². The molecule has 6 rings (SSSR count). The van der Waals surface area contributed by atoms with Crippen LogP contribution >= 0.6 is 0 Å². The van der Waals surface area contributed by atoms with Crippen LogP contribution in [-0.4, -0.2) is 31.3 Å². The van der Waals surface area contributed by atoms with Crippen LogP contribution in [0.1, 0.15) is 0 Å². The number of ether oxygens (including phenoxy) is 1. The van der Waals surface area contributed by atoms with Crippen LogP contribution in [0, 0.1) is 0 Å². The fourth-order valence-electron chi connectivity index (χ4n) is 4.04. The SMILES string of the molecule is COc1cccc(-c2nccn2-c2ccccc2)c1.Oc1cccc(-c2nccn2-c2ccccc2)c1. The number of methoxy groups -OCH3 is 1. The topological polar surface area (TPSA) is 65.1 Å². The Labute approximate surface area is 215 Å². The van der Waals surface area contributed by atoms with E-state index >= 15 is 0 Å². The number of hydrogen-bond donors (Lipinski definition) is 1. The first-order chi connectivity index (χ1) is 18.2. The van der Waals surface area contributed by atoms with Gasteiger partial charge in [0.25, 0.3) is 0 Å². The van der Waals surface area contributed by atoms with Crippen LogP contribution in [0.15, 0.2) is 134 Å². The maximum absolute atomic E-state index is 9.54. The van der Waals surface area contributed by atoms with Crippen LogP contribution in [0.25, 0.3) is 34.2 Å². The van der Waals surface area contributed by atoms with Crippen molar-refractivity contribution in [2.24, 2.45) is 0 Å². The average molecular weight is 487 g/mol. The number of para-hydroxylation sites is 2. The van der Waals surface area contributed by atoms with Crippen molar-refractivity contribution in [1.29, 1.82) is 0 Å². The molecule has 0 spiro atoms. The van der Waals surface area contributed by atoms with Crippen molar-refractivity contribution in [3.63, 3.8) is 0 Å². The highest BCUT2D eigenvalue weighted by atomic mass is 16.5. The molecular weight excluding hydrogens is 460 g/mol. The van der Waals surface area contributed by atoms with Gasteiger partial charge in [-0.25, -0.2) is 9.97 Å². The van der Waals surface area contributed by atoms with E-state index in [0.717, 1.165) is 39.9 Å². The minimum Gasteiger partial charge on any atom is -0.508 e. The van der Waals surface area contributed by atoms with E-state index < -0.39 is 0 Å². The summed E-state index contributed by atoms with van der Waals surface area (Å²) in [5.74, 6) is 2.80. The molecule has 0 fully saturated rings. The van der Waals surface area contributed by atoms with Gasteiger partial charge in [-0.05, 0) is 48.5 Å². The summed E-state index contributed by atoms with van der Waals surface area (Å²) in [5.41, 5.74) is 4.07. The molecule has 1 N–H and O–H groups in total. The van der Waals surface area contributed by atoms with E-state index in [1.165, 1.54) is 0 Å². The summed E-state index contributed by atoms with van der Waals surface area (Å²) in [6.07, 6.45) is 7.44. The fraction of sp³-hybridized carbons (Fsp3) is 0.0323. The molecule has 0 bridgehead atoms. The monoisotopic (exact) mass is 486 g/mol. The van der Waals surface area contributed by atoms with Crippen LogP contribution in [-0.2, 0) is 0 Å². The summed E-state index contributed by atoms with van der Waals surface area (Å²) < 4.78 is 9.32. The first-order valence-corrected chi connectivity index (χ1v) is 11.8. The number of phenols is 1. The number of phenolic OH excluding ortho intramolecular Hbond substituents is 1. The Kier molecular flexibility index (Phi) is 7.09. The van der Waals surface area contributed by atoms with E-state index in [0.29, 0.717) is 0 Å². The Morgan fingerprint density at radius 2 is 1.11 bits per heavy atom. The molecule has 0 saturated carbocycles. The van der Waals surface area contributed by atoms with Crippen LogP contribution < -0.4 is 4.74 Å². The number of imidazole rings is 2. The molecule has 0 atom stereocenters. The second kappa shape index (κ2) is 11.1. The van der Waals surface area contributed by atoms with Crippen molar-refractivity contribution in [1.82, 2.24) is 19.1 Å². The molecule has 2 aromatic heterocycles. The molecule has 0 unspecified atom stereocenters. The smallest absolute Gasteiger partial charge is 0.144 e. The summed E-state index contributed by atoms with van der Waals surface area (Å²) in [5, 5.41) is 9.54. The van der Waals surface area contributed by atoms with E-state index in [1.54, 1.807) is 25.4 Å². The quantitative estimate of drug-likeness (QED) is 0.291. The second-order valence-corrected chi connectivity index (χ2v) is 8.20. The molecule has 182 valence electrons. The van der Waals surface area contributed by atoms with Gasteiger partial charge in [-0.2, -0.15) is 0 Å². The zero-order valence-electron chi connectivity index (χ0n) is 20.3. The van der Waals surface area contributed by atoms with Gasteiger partial charge in [-0.3, -0.25) is 9.13 Å². The zero-order valence-corrected chi connectivity index (χ0v) is 20.3.